The third kappa shape index (κ3) is 3.12. The molecule has 11 heavy (non-hydrogen) atoms. The number of amides is 1. The maximum Gasteiger partial charge on any atom is 0.235 e. The Bertz CT molecular complexity index is 153. The molecule has 4 heteroatoms. The number of carbonyl (C=O) groups is 1. The smallest absolute Gasteiger partial charge is 0.235 e. The van der Waals surface area contributed by atoms with Gasteiger partial charge in [0.2, 0.25) is 5.91 Å². The van der Waals surface area contributed by atoms with E-state index in [1.54, 1.807) is 11.2 Å². The molecule has 0 aliphatic rings. The van der Waals surface area contributed by atoms with E-state index in [0.29, 0.717) is 0 Å². The molecule has 0 aliphatic heterocycles. The molecule has 0 spiro atoms. The number of hydrogen-bond acceptors (Lipinski definition) is 3. The highest BCUT2D eigenvalue weighted by molar-refractivity contribution is 7.77. The van der Waals surface area contributed by atoms with Gasteiger partial charge in [-0.1, -0.05) is 12.8 Å². The van der Waals surface area contributed by atoms with Gasteiger partial charge < -0.3 is 5.73 Å². The Morgan fingerprint density at radius 2 is 1.91 bits per heavy atom. The number of nitrogens with two attached hydrogens (primary N) is 1. The van der Waals surface area contributed by atoms with Crippen molar-refractivity contribution >= 4 is 18.7 Å². The number of rotatable bonds is 2. The van der Waals surface area contributed by atoms with E-state index in [9.17, 15) is 4.79 Å². The molecule has 0 unspecified atom stereocenters. The predicted octanol–water partition coefficient (Wildman–Crippen LogP) is 0.805. The average Bonchev–Trinajstić information content (AvgIpc) is 1.82. The van der Waals surface area contributed by atoms with Crippen LogP contribution in [-0.4, -0.2) is 21.8 Å². The lowest BCUT2D eigenvalue weighted by molar-refractivity contribution is -0.121. The molecule has 0 radical (unpaired) electrons. The molecule has 0 rings (SSSR count). The highest BCUT2D eigenvalue weighted by Crippen LogP contribution is 2.18. The van der Waals surface area contributed by atoms with Crippen LogP contribution in [0.15, 0.2) is 0 Å². The van der Waals surface area contributed by atoms with Crippen LogP contribution in [0.5, 0.6) is 0 Å². The lowest BCUT2D eigenvalue weighted by atomic mass is 10.1. The van der Waals surface area contributed by atoms with Gasteiger partial charge in [0, 0.05) is 5.54 Å². The van der Waals surface area contributed by atoms with Crippen LogP contribution >= 0.6 is 12.8 Å². The molecule has 0 aromatic rings. The van der Waals surface area contributed by atoms with Crippen molar-refractivity contribution < 1.29 is 4.79 Å². The summed E-state index contributed by atoms with van der Waals surface area (Å²) < 4.78 is 1.65. The fraction of sp³-hybridized carbons (Fsp3) is 0.857. The molecule has 0 bridgehead atoms. The second-order valence-electron chi connectivity index (χ2n) is 3.59. The number of thiol groups is 1. The standard InChI is InChI=1S/C7H16N2OS/c1-5(6(8)10)9(11)7(2,3)4/h5,11H,1-4H3,(H2,8,10)/t5-/m1/s1. The summed E-state index contributed by atoms with van der Waals surface area (Å²) in [5.74, 6) is -0.352. The van der Waals surface area contributed by atoms with Crippen molar-refractivity contribution in [1.82, 2.24) is 4.31 Å². The first-order valence-corrected chi connectivity index (χ1v) is 3.94. The molecule has 1 atom stereocenters. The van der Waals surface area contributed by atoms with Gasteiger partial charge in [-0.3, -0.25) is 4.79 Å². The zero-order valence-corrected chi connectivity index (χ0v) is 8.35. The van der Waals surface area contributed by atoms with Gasteiger partial charge in [-0.2, -0.15) is 0 Å². The number of hydrogen-bond donors (Lipinski definition) is 2. The molecule has 0 heterocycles. The van der Waals surface area contributed by atoms with Crippen LogP contribution < -0.4 is 5.73 Å². The van der Waals surface area contributed by atoms with Crippen LogP contribution in [0, 0.1) is 0 Å². The highest BCUT2D eigenvalue weighted by atomic mass is 32.1. The van der Waals surface area contributed by atoms with Crippen LogP contribution in [0.2, 0.25) is 0 Å². The molecule has 0 aromatic carbocycles. The van der Waals surface area contributed by atoms with E-state index in [1.165, 1.54) is 0 Å². The maximum absolute atomic E-state index is 10.7. The van der Waals surface area contributed by atoms with E-state index in [0.717, 1.165) is 0 Å². The van der Waals surface area contributed by atoms with Crippen molar-refractivity contribution in [2.24, 2.45) is 5.73 Å². The topological polar surface area (TPSA) is 46.3 Å². The number of nitrogens with zero attached hydrogens (tertiary/aromatic N) is 1. The van der Waals surface area contributed by atoms with Gasteiger partial charge in [0.25, 0.3) is 0 Å². The quantitative estimate of drug-likeness (QED) is 0.611. The molecule has 66 valence electrons. The summed E-state index contributed by atoms with van der Waals surface area (Å²) in [7, 11) is 0. The summed E-state index contributed by atoms with van der Waals surface area (Å²) in [6.45, 7) is 7.65. The molecule has 2 N–H and O–H groups in total. The third-order valence-electron chi connectivity index (χ3n) is 1.47. The SMILES string of the molecule is C[C@H](C(N)=O)N(S)C(C)(C)C. The van der Waals surface area contributed by atoms with Gasteiger partial charge >= 0.3 is 0 Å². The summed E-state index contributed by atoms with van der Waals surface area (Å²) in [5.41, 5.74) is 4.96. The number of carbonyl (C=O) groups excluding carboxylic acids is 1. The van der Waals surface area contributed by atoms with Gasteiger partial charge in [0.15, 0.2) is 0 Å². The first-order chi connectivity index (χ1) is 4.76. The normalized spacial score (nSPS) is 15.1. The Hall–Kier alpha value is -0.220. The maximum atomic E-state index is 10.7. The first-order valence-electron chi connectivity index (χ1n) is 3.54. The zero-order valence-electron chi connectivity index (χ0n) is 7.46. The summed E-state index contributed by atoms with van der Waals surface area (Å²) in [5, 5.41) is 0. The fourth-order valence-corrected chi connectivity index (χ4v) is 0.815. The van der Waals surface area contributed by atoms with Crippen molar-refractivity contribution in [3.05, 3.63) is 0 Å². The van der Waals surface area contributed by atoms with Crippen LogP contribution in [0.3, 0.4) is 0 Å². The van der Waals surface area contributed by atoms with E-state index >= 15 is 0 Å². The Morgan fingerprint density at radius 3 is 2.00 bits per heavy atom. The van der Waals surface area contributed by atoms with Gasteiger partial charge in [0.1, 0.15) is 0 Å². The Morgan fingerprint density at radius 1 is 1.55 bits per heavy atom. The highest BCUT2D eigenvalue weighted by Gasteiger charge is 2.26. The van der Waals surface area contributed by atoms with Crippen molar-refractivity contribution in [3.8, 4) is 0 Å². The van der Waals surface area contributed by atoms with E-state index < -0.39 is 0 Å². The van der Waals surface area contributed by atoms with Crippen LogP contribution in [-0.2, 0) is 4.79 Å². The first kappa shape index (κ1) is 10.8. The van der Waals surface area contributed by atoms with Crippen molar-refractivity contribution in [2.75, 3.05) is 0 Å². The monoisotopic (exact) mass is 176 g/mol. The Kier molecular flexibility index (Phi) is 3.38. The van der Waals surface area contributed by atoms with Crippen molar-refractivity contribution in [1.29, 1.82) is 0 Å². The Labute approximate surface area is 73.5 Å². The summed E-state index contributed by atoms with van der Waals surface area (Å²) in [6.07, 6.45) is 0. The molecule has 3 nitrogen and oxygen atoms in total. The molecular formula is C7H16N2OS. The number of primary amides is 1. The zero-order chi connectivity index (χ0) is 9.23. The second-order valence-corrected chi connectivity index (χ2v) is 4.02. The summed E-state index contributed by atoms with van der Waals surface area (Å²) in [4.78, 5) is 10.7. The average molecular weight is 176 g/mol. The van der Waals surface area contributed by atoms with Crippen molar-refractivity contribution in [3.63, 3.8) is 0 Å². The predicted molar refractivity (Wildman–Crippen MR) is 49.2 cm³/mol. The van der Waals surface area contributed by atoms with E-state index in [4.69, 9.17) is 5.73 Å². The van der Waals surface area contributed by atoms with Crippen LogP contribution in [0.25, 0.3) is 0 Å². The van der Waals surface area contributed by atoms with E-state index in [2.05, 4.69) is 12.8 Å². The van der Waals surface area contributed by atoms with Crippen LogP contribution in [0.1, 0.15) is 27.7 Å². The van der Waals surface area contributed by atoms with Gasteiger partial charge in [-0.15, -0.1) is 0 Å². The van der Waals surface area contributed by atoms with Gasteiger partial charge in [0.05, 0.1) is 6.04 Å². The summed E-state index contributed by atoms with van der Waals surface area (Å²) >= 11 is 4.18. The fourth-order valence-electron chi connectivity index (χ4n) is 0.701. The Balaban J connectivity index is 4.25. The molecular weight excluding hydrogens is 160 g/mol. The molecule has 1 amide bonds. The van der Waals surface area contributed by atoms with Crippen molar-refractivity contribution in [2.45, 2.75) is 39.3 Å². The van der Waals surface area contributed by atoms with Gasteiger partial charge in [-0.05, 0) is 27.7 Å². The largest absolute Gasteiger partial charge is 0.368 e. The summed E-state index contributed by atoms with van der Waals surface area (Å²) in [6, 6.07) is -0.335. The lowest BCUT2D eigenvalue weighted by Gasteiger charge is -2.33. The second kappa shape index (κ2) is 3.45. The van der Waals surface area contributed by atoms with Gasteiger partial charge in [-0.25, -0.2) is 4.31 Å². The minimum atomic E-state index is -0.352. The van der Waals surface area contributed by atoms with Crippen LogP contribution in [0.4, 0.5) is 0 Å². The molecule has 0 saturated heterocycles. The molecule has 0 aromatic heterocycles. The minimum absolute atomic E-state index is 0.141. The van der Waals surface area contributed by atoms with E-state index in [-0.39, 0.29) is 17.5 Å². The van der Waals surface area contributed by atoms with E-state index in [1.807, 2.05) is 20.8 Å². The molecule has 0 saturated carbocycles. The molecule has 0 aliphatic carbocycles. The third-order valence-corrected chi connectivity index (χ3v) is 2.41. The molecule has 0 fully saturated rings. The lowest BCUT2D eigenvalue weighted by Crippen LogP contribution is -2.46. The minimum Gasteiger partial charge on any atom is -0.368 e.